The van der Waals surface area contributed by atoms with Crippen LogP contribution >= 0.6 is 0 Å². The molecule has 1 aliphatic heterocycles. The molecule has 1 unspecified atom stereocenters. The molecule has 1 fully saturated rings. The number of carbonyl (C=O) groups is 2. The van der Waals surface area contributed by atoms with Gasteiger partial charge in [-0.15, -0.1) is 0 Å². The molecule has 160 valence electrons. The SMILES string of the molecule is COCCN1C(=O)C(=O)/C(=C(/O)c2cccc3ccccc23)C1c1c[nH]c2ccccc12. The van der Waals surface area contributed by atoms with E-state index in [1.807, 2.05) is 60.7 Å². The van der Waals surface area contributed by atoms with Crippen LogP contribution in [0, 0.1) is 0 Å². The molecule has 2 heterocycles. The van der Waals surface area contributed by atoms with E-state index in [0.717, 1.165) is 27.2 Å². The summed E-state index contributed by atoms with van der Waals surface area (Å²) in [5, 5.41) is 14.1. The normalized spacial score (nSPS) is 18.2. The highest BCUT2D eigenvalue weighted by molar-refractivity contribution is 6.46. The Morgan fingerprint density at radius 2 is 1.72 bits per heavy atom. The average Bonchev–Trinajstić information content (AvgIpc) is 3.35. The number of methoxy groups -OCH3 is 1. The Hall–Kier alpha value is -3.90. The van der Waals surface area contributed by atoms with Gasteiger partial charge in [0.15, 0.2) is 0 Å². The molecule has 6 nitrogen and oxygen atoms in total. The van der Waals surface area contributed by atoms with Crippen LogP contribution in [0.4, 0.5) is 0 Å². The summed E-state index contributed by atoms with van der Waals surface area (Å²) in [7, 11) is 1.55. The third kappa shape index (κ3) is 3.08. The molecule has 0 saturated carbocycles. The van der Waals surface area contributed by atoms with Crippen molar-refractivity contribution in [3.63, 3.8) is 0 Å². The number of H-pyrrole nitrogens is 1. The van der Waals surface area contributed by atoms with E-state index in [1.165, 1.54) is 4.90 Å². The quantitative estimate of drug-likeness (QED) is 0.282. The van der Waals surface area contributed by atoms with Gasteiger partial charge in [-0.2, -0.15) is 0 Å². The Morgan fingerprint density at radius 1 is 1.00 bits per heavy atom. The fourth-order valence-electron chi connectivity index (χ4n) is 4.52. The average molecular weight is 426 g/mol. The lowest BCUT2D eigenvalue weighted by Crippen LogP contribution is -2.32. The highest BCUT2D eigenvalue weighted by Crippen LogP contribution is 2.42. The summed E-state index contributed by atoms with van der Waals surface area (Å²) in [6, 6.07) is 20.2. The fourth-order valence-corrected chi connectivity index (χ4v) is 4.52. The van der Waals surface area contributed by atoms with Crippen molar-refractivity contribution in [2.75, 3.05) is 20.3 Å². The second-order valence-corrected chi connectivity index (χ2v) is 7.80. The van der Waals surface area contributed by atoms with Crippen LogP contribution in [0.3, 0.4) is 0 Å². The number of fused-ring (bicyclic) bond motifs is 2. The number of aliphatic hydroxyl groups is 1. The van der Waals surface area contributed by atoms with Crippen LogP contribution in [0.25, 0.3) is 27.4 Å². The summed E-state index contributed by atoms with van der Waals surface area (Å²) >= 11 is 0. The molecule has 0 spiro atoms. The molecule has 1 aromatic heterocycles. The summed E-state index contributed by atoms with van der Waals surface area (Å²) < 4.78 is 5.19. The van der Waals surface area contributed by atoms with E-state index in [9.17, 15) is 14.7 Å². The topological polar surface area (TPSA) is 82.6 Å². The van der Waals surface area contributed by atoms with Gasteiger partial charge in [0.1, 0.15) is 5.76 Å². The number of ether oxygens (including phenoxy) is 1. The van der Waals surface area contributed by atoms with E-state index in [0.29, 0.717) is 5.56 Å². The van der Waals surface area contributed by atoms with E-state index >= 15 is 0 Å². The van der Waals surface area contributed by atoms with Crippen LogP contribution in [0.1, 0.15) is 17.2 Å². The number of hydrogen-bond donors (Lipinski definition) is 2. The number of hydrogen-bond acceptors (Lipinski definition) is 4. The monoisotopic (exact) mass is 426 g/mol. The number of aliphatic hydroxyl groups excluding tert-OH is 1. The molecule has 4 aromatic rings. The standard InChI is InChI=1S/C26H22N2O4/c1-32-14-13-28-23(20-15-27-21-12-5-4-10-18(20)21)22(25(30)26(28)31)24(29)19-11-6-8-16-7-2-3-9-17(16)19/h2-12,15,23,27,29H,13-14H2,1H3/b24-22+. The number of aromatic nitrogens is 1. The predicted molar refractivity (Wildman–Crippen MR) is 123 cm³/mol. The number of aromatic amines is 1. The van der Waals surface area contributed by atoms with E-state index < -0.39 is 17.7 Å². The van der Waals surface area contributed by atoms with Gasteiger partial charge in [-0.3, -0.25) is 9.59 Å². The van der Waals surface area contributed by atoms with E-state index in [2.05, 4.69) is 4.98 Å². The number of Topliss-reactive ketones (excluding diaryl/α,β-unsaturated/α-hetero) is 1. The number of ketones is 1. The first-order chi connectivity index (χ1) is 15.6. The smallest absolute Gasteiger partial charge is 0.295 e. The van der Waals surface area contributed by atoms with Crippen molar-refractivity contribution in [3.05, 3.63) is 89.6 Å². The second-order valence-electron chi connectivity index (χ2n) is 7.80. The van der Waals surface area contributed by atoms with Crippen molar-refractivity contribution in [1.29, 1.82) is 0 Å². The van der Waals surface area contributed by atoms with Gasteiger partial charge in [0.25, 0.3) is 11.7 Å². The first kappa shape index (κ1) is 20.0. The zero-order chi connectivity index (χ0) is 22.2. The molecule has 1 saturated heterocycles. The number of likely N-dealkylation sites (tertiary alicyclic amines) is 1. The minimum absolute atomic E-state index is 0.0900. The van der Waals surface area contributed by atoms with E-state index in [1.54, 1.807) is 19.4 Å². The number of nitrogens with one attached hydrogen (secondary N) is 1. The first-order valence-corrected chi connectivity index (χ1v) is 10.4. The van der Waals surface area contributed by atoms with Crippen LogP contribution in [0.15, 0.2) is 78.5 Å². The predicted octanol–water partition coefficient (Wildman–Crippen LogP) is 4.39. The van der Waals surface area contributed by atoms with Gasteiger partial charge in [-0.1, -0.05) is 60.7 Å². The van der Waals surface area contributed by atoms with Crippen LogP contribution in [0.2, 0.25) is 0 Å². The highest BCUT2D eigenvalue weighted by atomic mass is 16.5. The van der Waals surface area contributed by atoms with E-state index in [-0.39, 0.29) is 24.5 Å². The third-order valence-electron chi connectivity index (χ3n) is 6.04. The van der Waals surface area contributed by atoms with Crippen LogP contribution in [-0.2, 0) is 14.3 Å². The van der Waals surface area contributed by atoms with Crippen molar-refractivity contribution in [1.82, 2.24) is 9.88 Å². The second kappa shape index (κ2) is 7.98. The molecular weight excluding hydrogens is 404 g/mol. The molecule has 0 radical (unpaired) electrons. The fraction of sp³-hybridized carbons (Fsp3) is 0.154. The highest BCUT2D eigenvalue weighted by Gasteiger charge is 2.46. The molecule has 6 heteroatoms. The largest absolute Gasteiger partial charge is 0.507 e. The maximum absolute atomic E-state index is 13.2. The minimum atomic E-state index is -0.722. The van der Waals surface area contributed by atoms with Gasteiger partial charge in [0.05, 0.1) is 18.2 Å². The van der Waals surface area contributed by atoms with Crippen LogP contribution in [0.5, 0.6) is 0 Å². The lowest BCUT2D eigenvalue weighted by Gasteiger charge is -2.24. The van der Waals surface area contributed by atoms with Gasteiger partial charge in [-0.05, 0) is 16.8 Å². The molecule has 1 amide bonds. The number of benzene rings is 3. The Labute approximate surface area is 184 Å². The molecule has 1 aliphatic rings. The van der Waals surface area contributed by atoms with Gasteiger partial charge in [0, 0.05) is 41.9 Å². The van der Waals surface area contributed by atoms with Crippen molar-refractivity contribution < 1.29 is 19.4 Å². The van der Waals surface area contributed by atoms with Crippen molar-refractivity contribution in [3.8, 4) is 0 Å². The molecule has 1 atom stereocenters. The molecule has 3 aromatic carbocycles. The molecule has 5 rings (SSSR count). The molecular formula is C26H22N2O4. The summed E-state index contributed by atoms with van der Waals surface area (Å²) in [6.07, 6.45) is 1.80. The van der Waals surface area contributed by atoms with Crippen molar-refractivity contribution in [2.24, 2.45) is 0 Å². The number of amides is 1. The summed E-state index contributed by atoms with van der Waals surface area (Å²) in [4.78, 5) is 30.9. The number of rotatable bonds is 5. The zero-order valence-electron chi connectivity index (χ0n) is 17.5. The maximum atomic E-state index is 13.2. The Balaban J connectivity index is 1.76. The maximum Gasteiger partial charge on any atom is 0.295 e. The first-order valence-electron chi connectivity index (χ1n) is 10.4. The number of nitrogens with zero attached hydrogens (tertiary/aromatic N) is 1. The number of carbonyl (C=O) groups excluding carboxylic acids is 2. The summed E-state index contributed by atoms with van der Waals surface area (Å²) in [5.74, 6) is -1.50. The number of para-hydroxylation sites is 1. The molecule has 32 heavy (non-hydrogen) atoms. The molecule has 0 aliphatic carbocycles. The molecule has 2 N–H and O–H groups in total. The Kier molecular flexibility index (Phi) is 4.99. The van der Waals surface area contributed by atoms with Crippen molar-refractivity contribution in [2.45, 2.75) is 6.04 Å². The summed E-state index contributed by atoms with van der Waals surface area (Å²) in [6.45, 7) is 0.512. The van der Waals surface area contributed by atoms with Gasteiger partial charge in [0.2, 0.25) is 0 Å². The van der Waals surface area contributed by atoms with E-state index in [4.69, 9.17) is 4.74 Å². The van der Waals surface area contributed by atoms with Gasteiger partial charge in [-0.25, -0.2) is 0 Å². The molecule has 0 bridgehead atoms. The third-order valence-corrected chi connectivity index (χ3v) is 6.04. The van der Waals surface area contributed by atoms with Crippen molar-refractivity contribution >= 4 is 39.1 Å². The Bertz CT molecular complexity index is 1380. The Morgan fingerprint density at radius 3 is 2.53 bits per heavy atom. The lowest BCUT2D eigenvalue weighted by atomic mass is 9.93. The van der Waals surface area contributed by atoms with Crippen LogP contribution in [-0.4, -0.2) is 46.9 Å². The van der Waals surface area contributed by atoms with Gasteiger partial charge < -0.3 is 19.7 Å². The minimum Gasteiger partial charge on any atom is -0.507 e. The zero-order valence-corrected chi connectivity index (χ0v) is 17.5. The van der Waals surface area contributed by atoms with Gasteiger partial charge >= 0.3 is 0 Å². The van der Waals surface area contributed by atoms with Crippen LogP contribution < -0.4 is 0 Å². The lowest BCUT2D eigenvalue weighted by molar-refractivity contribution is -0.140. The summed E-state index contributed by atoms with van der Waals surface area (Å²) in [5.41, 5.74) is 2.27.